The molecule has 5 heteroatoms. The van der Waals surface area contributed by atoms with Crippen molar-refractivity contribution in [1.82, 2.24) is 13.9 Å². The van der Waals surface area contributed by atoms with Crippen LogP contribution in [0, 0.1) is 5.92 Å². The summed E-state index contributed by atoms with van der Waals surface area (Å²) >= 11 is 0. The molecule has 1 aliphatic carbocycles. The molecule has 1 aromatic carbocycles. The average molecular weight is 255 g/mol. The van der Waals surface area contributed by atoms with E-state index in [1.165, 1.54) is 4.57 Å². The molecule has 2 bridgehead atoms. The molecule has 96 valence electrons. The molecule has 0 saturated carbocycles. The van der Waals surface area contributed by atoms with Crippen LogP contribution in [-0.4, -0.2) is 13.9 Å². The number of hydrogen-bond donors (Lipinski definition) is 0. The molecule has 2 aromatic rings. The molecule has 0 radical (unpaired) electrons. The normalized spacial score (nSPS) is 26.9. The molecule has 2 unspecified atom stereocenters. The Morgan fingerprint density at radius 3 is 1.95 bits per heavy atom. The van der Waals surface area contributed by atoms with Crippen LogP contribution in [0.4, 0.5) is 0 Å². The largest absolute Gasteiger partial charge is 0.352 e. The fraction of sp³-hybridized carbons (Fsp3) is 0.286. The number of fused-ring (bicyclic) bond motifs is 5. The molecule has 0 amide bonds. The zero-order valence-electron chi connectivity index (χ0n) is 10.4. The predicted octanol–water partition coefficient (Wildman–Crippen LogP) is 1.10. The summed E-state index contributed by atoms with van der Waals surface area (Å²) < 4.78 is 4.42. The van der Waals surface area contributed by atoms with Gasteiger partial charge in [0.05, 0.1) is 17.8 Å². The third-order valence-corrected chi connectivity index (χ3v) is 4.17. The van der Waals surface area contributed by atoms with Gasteiger partial charge >= 0.3 is 11.4 Å². The maximum atomic E-state index is 12.5. The molecular formula is C14H13N3O2. The minimum atomic E-state index is -0.250. The van der Waals surface area contributed by atoms with Crippen LogP contribution in [0.25, 0.3) is 5.69 Å². The highest BCUT2D eigenvalue weighted by Crippen LogP contribution is 2.41. The lowest BCUT2D eigenvalue weighted by Crippen LogP contribution is -2.30. The van der Waals surface area contributed by atoms with Gasteiger partial charge in [-0.1, -0.05) is 37.3 Å². The summed E-state index contributed by atoms with van der Waals surface area (Å²) in [5.41, 5.74) is 0.124. The van der Waals surface area contributed by atoms with Gasteiger partial charge < -0.3 is 0 Å². The number of hydrogen-bond acceptors (Lipinski definition) is 2. The van der Waals surface area contributed by atoms with Crippen molar-refractivity contribution in [2.45, 2.75) is 19.0 Å². The molecular weight excluding hydrogens is 242 g/mol. The number of allylic oxidation sites excluding steroid dienone is 2. The molecule has 0 saturated heterocycles. The average Bonchev–Trinajstić information content (AvgIpc) is 3.01. The molecule has 2 heterocycles. The van der Waals surface area contributed by atoms with Crippen molar-refractivity contribution in [3.05, 3.63) is 63.5 Å². The van der Waals surface area contributed by atoms with E-state index in [0.29, 0.717) is 5.69 Å². The molecule has 2 atom stereocenters. The van der Waals surface area contributed by atoms with Gasteiger partial charge in [0.15, 0.2) is 0 Å². The van der Waals surface area contributed by atoms with E-state index < -0.39 is 0 Å². The standard InChI is InChI=1S/C14H13N3O2/c1-9-11-7-8-12(9)17-14(19)15(13(18)16(11)17)10-5-3-2-4-6-10/h2-9,11-12H,1H3. The van der Waals surface area contributed by atoms with Crippen molar-refractivity contribution in [2.24, 2.45) is 5.92 Å². The van der Waals surface area contributed by atoms with Crippen molar-refractivity contribution in [3.8, 4) is 5.69 Å². The van der Waals surface area contributed by atoms with Crippen LogP contribution in [0.3, 0.4) is 0 Å². The summed E-state index contributed by atoms with van der Waals surface area (Å²) in [6.07, 6.45) is 4.04. The van der Waals surface area contributed by atoms with Gasteiger partial charge in [0.1, 0.15) is 0 Å². The Kier molecular flexibility index (Phi) is 1.88. The highest BCUT2D eigenvalue weighted by Gasteiger charge is 2.43. The van der Waals surface area contributed by atoms with Crippen molar-refractivity contribution >= 4 is 0 Å². The van der Waals surface area contributed by atoms with Crippen LogP contribution in [0.15, 0.2) is 52.1 Å². The molecule has 4 rings (SSSR count). The third kappa shape index (κ3) is 1.15. The molecule has 0 fully saturated rings. The van der Waals surface area contributed by atoms with E-state index in [1.807, 2.05) is 30.4 Å². The Bertz CT molecular complexity index is 749. The Morgan fingerprint density at radius 1 is 0.895 bits per heavy atom. The Morgan fingerprint density at radius 2 is 1.42 bits per heavy atom. The lowest BCUT2D eigenvalue weighted by molar-refractivity contribution is 0.476. The smallest absolute Gasteiger partial charge is 0.245 e. The highest BCUT2D eigenvalue weighted by atomic mass is 16.2. The summed E-state index contributed by atoms with van der Waals surface area (Å²) in [7, 11) is 0. The first-order valence-corrected chi connectivity index (χ1v) is 6.40. The monoisotopic (exact) mass is 255 g/mol. The maximum Gasteiger partial charge on any atom is 0.352 e. The molecule has 0 spiro atoms. The zero-order chi connectivity index (χ0) is 13.1. The first-order chi connectivity index (χ1) is 9.20. The van der Waals surface area contributed by atoms with Gasteiger partial charge in [-0.25, -0.2) is 23.5 Å². The van der Waals surface area contributed by atoms with Gasteiger partial charge in [0.2, 0.25) is 0 Å². The number of nitrogens with zero attached hydrogens (tertiary/aromatic N) is 3. The second-order valence-corrected chi connectivity index (χ2v) is 5.15. The molecule has 2 aliphatic rings. The van der Waals surface area contributed by atoms with Gasteiger partial charge in [-0.3, -0.25) is 0 Å². The van der Waals surface area contributed by atoms with E-state index in [-0.39, 0.29) is 29.4 Å². The van der Waals surface area contributed by atoms with Crippen molar-refractivity contribution in [2.75, 3.05) is 0 Å². The molecule has 5 nitrogen and oxygen atoms in total. The lowest BCUT2D eigenvalue weighted by atomic mass is 10.0. The van der Waals surface area contributed by atoms with Gasteiger partial charge in [-0.15, -0.1) is 0 Å². The third-order valence-electron chi connectivity index (χ3n) is 4.17. The fourth-order valence-corrected chi connectivity index (χ4v) is 3.20. The van der Waals surface area contributed by atoms with Gasteiger partial charge in [-0.05, 0) is 12.1 Å². The van der Waals surface area contributed by atoms with Gasteiger partial charge in [-0.2, -0.15) is 0 Å². The second-order valence-electron chi connectivity index (χ2n) is 5.15. The van der Waals surface area contributed by atoms with Crippen molar-refractivity contribution in [3.63, 3.8) is 0 Å². The van der Waals surface area contributed by atoms with E-state index in [0.717, 1.165) is 0 Å². The minimum absolute atomic E-state index is 0.00941. The number of benzene rings is 1. The molecule has 1 aromatic heterocycles. The van der Waals surface area contributed by atoms with Crippen LogP contribution < -0.4 is 11.4 Å². The second kappa shape index (κ2) is 3.38. The molecule has 0 N–H and O–H groups in total. The fourth-order valence-electron chi connectivity index (χ4n) is 3.20. The van der Waals surface area contributed by atoms with E-state index in [2.05, 4.69) is 6.92 Å². The van der Waals surface area contributed by atoms with E-state index in [9.17, 15) is 9.59 Å². The minimum Gasteiger partial charge on any atom is -0.245 e. The van der Waals surface area contributed by atoms with Crippen LogP contribution in [0.5, 0.6) is 0 Å². The first kappa shape index (κ1) is 10.6. The number of para-hydroxylation sites is 1. The van der Waals surface area contributed by atoms with E-state index in [1.54, 1.807) is 21.5 Å². The summed E-state index contributed by atoms with van der Waals surface area (Å²) in [5.74, 6) is 0.283. The maximum absolute atomic E-state index is 12.5. The lowest BCUT2D eigenvalue weighted by Gasteiger charge is -2.07. The number of rotatable bonds is 1. The van der Waals surface area contributed by atoms with Crippen molar-refractivity contribution < 1.29 is 0 Å². The van der Waals surface area contributed by atoms with Crippen LogP contribution in [-0.2, 0) is 0 Å². The molecule has 19 heavy (non-hydrogen) atoms. The summed E-state index contributed by atoms with van der Waals surface area (Å²) in [6.45, 7) is 2.07. The number of aromatic nitrogens is 3. The first-order valence-electron chi connectivity index (χ1n) is 6.40. The Labute approximate surface area is 109 Å². The Balaban J connectivity index is 2.03. The van der Waals surface area contributed by atoms with Crippen LogP contribution in [0.1, 0.15) is 19.0 Å². The van der Waals surface area contributed by atoms with Crippen molar-refractivity contribution in [1.29, 1.82) is 0 Å². The summed E-state index contributed by atoms with van der Waals surface area (Å²) in [5, 5.41) is 0. The van der Waals surface area contributed by atoms with Crippen LogP contribution in [0.2, 0.25) is 0 Å². The summed E-state index contributed by atoms with van der Waals surface area (Å²) in [6, 6.07) is 9.08. The Hall–Kier alpha value is -2.30. The van der Waals surface area contributed by atoms with Gasteiger partial charge in [0.25, 0.3) is 0 Å². The zero-order valence-corrected chi connectivity index (χ0v) is 10.4. The van der Waals surface area contributed by atoms with Gasteiger partial charge in [0, 0.05) is 5.92 Å². The molecule has 1 aliphatic heterocycles. The van der Waals surface area contributed by atoms with E-state index >= 15 is 0 Å². The van der Waals surface area contributed by atoms with E-state index in [4.69, 9.17) is 0 Å². The SMILES string of the molecule is CC1C2C=CC1n1c(=O)n(-c3ccccc3)c(=O)n12. The van der Waals surface area contributed by atoms with Crippen LogP contribution >= 0.6 is 0 Å². The topological polar surface area (TPSA) is 48.9 Å². The quantitative estimate of drug-likeness (QED) is 0.716. The predicted molar refractivity (Wildman–Crippen MR) is 70.7 cm³/mol. The summed E-state index contributed by atoms with van der Waals surface area (Å²) in [4.78, 5) is 25.0. The highest BCUT2D eigenvalue weighted by molar-refractivity contribution is 5.31.